The van der Waals surface area contributed by atoms with E-state index in [4.69, 9.17) is 14.2 Å². The van der Waals surface area contributed by atoms with Gasteiger partial charge in [0.05, 0.1) is 13.2 Å². The maximum absolute atomic E-state index is 12.8. The Bertz CT molecular complexity index is 637. The molecule has 0 N–H and O–H groups in total. The van der Waals surface area contributed by atoms with Crippen molar-refractivity contribution >= 4 is 6.09 Å². The molecule has 0 aromatic heterocycles. The summed E-state index contributed by atoms with van der Waals surface area (Å²) < 4.78 is 54.7. The van der Waals surface area contributed by atoms with E-state index in [1.807, 2.05) is 12.1 Å². The molecule has 2 heterocycles. The molecule has 2 aliphatic rings. The Kier molecular flexibility index (Phi) is 4.81. The second-order valence-corrected chi connectivity index (χ2v) is 6.34. The fourth-order valence-electron chi connectivity index (χ4n) is 3.36. The van der Waals surface area contributed by atoms with E-state index in [1.54, 1.807) is 12.1 Å². The predicted octanol–water partition coefficient (Wildman–Crippen LogP) is 3.52. The normalized spacial score (nSPS) is 26.2. The molecule has 8 heteroatoms. The molecule has 1 aromatic rings. The van der Waals surface area contributed by atoms with Gasteiger partial charge in [-0.25, -0.2) is 4.79 Å². The molecule has 5 nitrogen and oxygen atoms in total. The summed E-state index contributed by atoms with van der Waals surface area (Å²) in [7, 11) is 1.48. The number of nitrogens with zero attached hydrogens (tertiary/aromatic N) is 1. The van der Waals surface area contributed by atoms with Crippen molar-refractivity contribution in [3.63, 3.8) is 0 Å². The molecule has 0 saturated carbocycles. The van der Waals surface area contributed by atoms with Crippen molar-refractivity contribution in [2.24, 2.45) is 0 Å². The minimum Gasteiger partial charge on any atom is -0.467 e. The van der Waals surface area contributed by atoms with Crippen LogP contribution in [-0.2, 0) is 15.9 Å². The highest BCUT2D eigenvalue weighted by atomic mass is 19.4. The van der Waals surface area contributed by atoms with Crippen molar-refractivity contribution in [3.05, 3.63) is 29.8 Å². The van der Waals surface area contributed by atoms with Crippen LogP contribution >= 0.6 is 0 Å². The maximum atomic E-state index is 12.8. The molecule has 2 atom stereocenters. The number of amides is 1. The van der Waals surface area contributed by atoms with E-state index in [0.717, 1.165) is 5.56 Å². The van der Waals surface area contributed by atoms with E-state index in [0.29, 0.717) is 12.2 Å². The molecule has 3 rings (SSSR count). The fourth-order valence-corrected chi connectivity index (χ4v) is 3.36. The molecule has 2 aliphatic heterocycles. The summed E-state index contributed by atoms with van der Waals surface area (Å²) in [5.74, 6) is 0.513. The Morgan fingerprint density at radius 1 is 1.36 bits per heavy atom. The number of carbonyl (C=O) groups excluding carboxylic acids is 1. The van der Waals surface area contributed by atoms with Crippen LogP contribution in [-0.4, -0.2) is 49.3 Å². The summed E-state index contributed by atoms with van der Waals surface area (Å²) in [5.41, 5.74) is -0.435. The maximum Gasteiger partial charge on any atom is 0.413 e. The lowest BCUT2D eigenvalue weighted by molar-refractivity contribution is -0.159. The number of benzene rings is 1. The van der Waals surface area contributed by atoms with Crippen molar-refractivity contribution in [1.29, 1.82) is 0 Å². The molecule has 138 valence electrons. The van der Waals surface area contributed by atoms with Gasteiger partial charge in [-0.1, -0.05) is 18.2 Å². The van der Waals surface area contributed by atoms with Gasteiger partial charge in [0, 0.05) is 26.4 Å². The summed E-state index contributed by atoms with van der Waals surface area (Å²) in [6, 6.07) is 7.20. The monoisotopic (exact) mass is 359 g/mol. The van der Waals surface area contributed by atoms with Gasteiger partial charge in [0.15, 0.2) is 5.72 Å². The van der Waals surface area contributed by atoms with Crippen LogP contribution < -0.4 is 4.74 Å². The number of carbonyl (C=O) groups is 1. The first kappa shape index (κ1) is 17.8. The Hall–Kier alpha value is -1.96. The molecule has 1 aromatic carbocycles. The number of methoxy groups -OCH3 is 1. The number of fused-ring (bicyclic) bond motifs is 1. The first-order valence-corrected chi connectivity index (χ1v) is 8.14. The number of halogens is 3. The second-order valence-electron chi connectivity index (χ2n) is 6.34. The first-order valence-electron chi connectivity index (χ1n) is 8.14. The van der Waals surface area contributed by atoms with Gasteiger partial charge in [-0.05, 0) is 18.1 Å². The zero-order valence-corrected chi connectivity index (χ0v) is 13.8. The molecule has 1 fully saturated rings. The highest BCUT2D eigenvalue weighted by Gasteiger charge is 2.51. The van der Waals surface area contributed by atoms with Crippen molar-refractivity contribution in [1.82, 2.24) is 4.90 Å². The van der Waals surface area contributed by atoms with E-state index < -0.39 is 30.5 Å². The quantitative estimate of drug-likeness (QED) is 0.807. The first-order chi connectivity index (χ1) is 11.8. The minimum atomic E-state index is -4.33. The third-order valence-corrected chi connectivity index (χ3v) is 4.58. The number of cyclic esters (lactones) is 1. The zero-order chi connectivity index (χ0) is 18.1. The molecular weight excluding hydrogens is 339 g/mol. The van der Waals surface area contributed by atoms with Gasteiger partial charge in [-0.15, -0.1) is 0 Å². The average Bonchev–Trinajstić information content (AvgIpc) is 2.94. The van der Waals surface area contributed by atoms with Crippen LogP contribution in [0.1, 0.15) is 24.8 Å². The summed E-state index contributed by atoms with van der Waals surface area (Å²) in [4.78, 5) is 13.6. The number of rotatable bonds is 5. The summed E-state index contributed by atoms with van der Waals surface area (Å²) >= 11 is 0. The van der Waals surface area contributed by atoms with Gasteiger partial charge in [0.25, 0.3) is 0 Å². The summed E-state index contributed by atoms with van der Waals surface area (Å²) in [6.45, 7) is 0.334. The van der Waals surface area contributed by atoms with Crippen molar-refractivity contribution in [2.45, 2.75) is 43.7 Å². The zero-order valence-electron chi connectivity index (χ0n) is 13.8. The smallest absolute Gasteiger partial charge is 0.413 e. The number of hydrogen-bond donors (Lipinski definition) is 0. The van der Waals surface area contributed by atoms with E-state index in [9.17, 15) is 18.0 Å². The molecule has 0 bridgehead atoms. The van der Waals surface area contributed by atoms with Crippen LogP contribution in [0.5, 0.6) is 5.75 Å². The fraction of sp³-hybridized carbons (Fsp3) is 0.588. The van der Waals surface area contributed by atoms with E-state index in [1.165, 1.54) is 12.0 Å². The minimum absolute atomic E-state index is 0.146. The largest absolute Gasteiger partial charge is 0.467 e. The molecule has 0 spiro atoms. The molecular formula is C17H20F3NO4. The van der Waals surface area contributed by atoms with Gasteiger partial charge < -0.3 is 14.2 Å². The third kappa shape index (κ3) is 3.84. The standard InChI is InChI=1S/C17H20F3NO4/c1-23-11-13-10-21(15(22)24-13)16(8-9-17(18,19)20)7-6-12-4-2-3-5-14(12)25-16/h2-5,13H,6-11H2,1H3/t13-,16?/m1/s1. The second kappa shape index (κ2) is 6.74. The molecule has 1 amide bonds. The van der Waals surface area contributed by atoms with E-state index in [-0.39, 0.29) is 26.0 Å². The third-order valence-electron chi connectivity index (χ3n) is 4.58. The molecule has 0 radical (unpaired) electrons. The number of alkyl halides is 3. The number of ether oxygens (including phenoxy) is 3. The van der Waals surface area contributed by atoms with E-state index in [2.05, 4.69) is 0 Å². The van der Waals surface area contributed by atoms with Crippen molar-refractivity contribution in [3.8, 4) is 5.75 Å². The highest BCUT2D eigenvalue weighted by Crippen LogP contribution is 2.41. The molecule has 25 heavy (non-hydrogen) atoms. The van der Waals surface area contributed by atoms with Crippen molar-refractivity contribution in [2.75, 3.05) is 20.3 Å². The van der Waals surface area contributed by atoms with Gasteiger partial charge >= 0.3 is 12.3 Å². The number of hydrogen-bond acceptors (Lipinski definition) is 4. The van der Waals surface area contributed by atoms with Crippen LogP contribution in [0.15, 0.2) is 24.3 Å². The van der Waals surface area contributed by atoms with Gasteiger partial charge in [0.1, 0.15) is 11.9 Å². The topological polar surface area (TPSA) is 48.0 Å². The van der Waals surface area contributed by atoms with Gasteiger partial charge in [-0.3, -0.25) is 4.90 Å². The Morgan fingerprint density at radius 3 is 2.84 bits per heavy atom. The lowest BCUT2D eigenvalue weighted by Gasteiger charge is -2.43. The number of para-hydroxylation sites is 1. The number of aryl methyl sites for hydroxylation is 1. The Morgan fingerprint density at radius 2 is 2.12 bits per heavy atom. The molecule has 1 unspecified atom stereocenters. The Balaban J connectivity index is 1.87. The van der Waals surface area contributed by atoms with Crippen LogP contribution in [0, 0.1) is 0 Å². The van der Waals surface area contributed by atoms with Gasteiger partial charge in [0.2, 0.25) is 0 Å². The SMILES string of the molecule is COC[C@H]1CN(C2(CCC(F)(F)F)CCc3ccccc3O2)C(=O)O1. The van der Waals surface area contributed by atoms with Crippen LogP contribution in [0.25, 0.3) is 0 Å². The van der Waals surface area contributed by atoms with Gasteiger partial charge in [-0.2, -0.15) is 13.2 Å². The molecule has 0 aliphatic carbocycles. The van der Waals surface area contributed by atoms with Crippen LogP contribution in [0.2, 0.25) is 0 Å². The average molecular weight is 359 g/mol. The summed E-state index contributed by atoms with van der Waals surface area (Å²) in [6.07, 6.45) is -6.05. The van der Waals surface area contributed by atoms with Crippen molar-refractivity contribution < 1.29 is 32.2 Å². The Labute approximate surface area is 143 Å². The lowest BCUT2D eigenvalue weighted by atomic mass is 9.92. The summed E-state index contributed by atoms with van der Waals surface area (Å²) in [5, 5.41) is 0. The van der Waals surface area contributed by atoms with E-state index >= 15 is 0 Å². The lowest BCUT2D eigenvalue weighted by Crippen LogP contribution is -2.56. The van der Waals surface area contributed by atoms with Crippen LogP contribution in [0.3, 0.4) is 0 Å². The predicted molar refractivity (Wildman–Crippen MR) is 82.3 cm³/mol. The molecule has 1 saturated heterocycles. The van der Waals surface area contributed by atoms with Crippen LogP contribution in [0.4, 0.5) is 18.0 Å². The highest BCUT2D eigenvalue weighted by molar-refractivity contribution is 5.71.